The number of benzene rings is 1. The van der Waals surface area contributed by atoms with Gasteiger partial charge in [0, 0.05) is 18.1 Å². The van der Waals surface area contributed by atoms with Gasteiger partial charge in [0.25, 0.3) is 0 Å². The van der Waals surface area contributed by atoms with E-state index >= 15 is 0 Å². The molecule has 15 heavy (non-hydrogen) atoms. The van der Waals surface area contributed by atoms with Crippen LogP contribution in [0.5, 0.6) is 0 Å². The first kappa shape index (κ1) is 12.1. The molecule has 3 nitrogen and oxygen atoms in total. The predicted molar refractivity (Wildman–Crippen MR) is 62.8 cm³/mol. The van der Waals surface area contributed by atoms with E-state index < -0.39 is 11.9 Å². The Morgan fingerprint density at radius 1 is 1.40 bits per heavy atom. The van der Waals surface area contributed by atoms with Gasteiger partial charge in [0.05, 0.1) is 5.92 Å². The van der Waals surface area contributed by atoms with Crippen LogP contribution in [0.25, 0.3) is 0 Å². The fourth-order valence-corrected chi connectivity index (χ4v) is 2.24. The summed E-state index contributed by atoms with van der Waals surface area (Å²) in [7, 11) is 0. The predicted octanol–water partition coefficient (Wildman–Crippen LogP) is 1.58. The van der Waals surface area contributed by atoms with Crippen LogP contribution in [0.2, 0.25) is 0 Å². The molecule has 0 saturated carbocycles. The van der Waals surface area contributed by atoms with E-state index in [1.165, 1.54) is 5.56 Å². The van der Waals surface area contributed by atoms with Crippen molar-refractivity contribution in [3.63, 3.8) is 0 Å². The Balaban J connectivity index is 2.30. The van der Waals surface area contributed by atoms with Crippen molar-refractivity contribution < 1.29 is 9.90 Å². The number of thioether (sulfide) groups is 1. The number of rotatable bonds is 6. The molecule has 0 saturated heterocycles. The maximum absolute atomic E-state index is 10.7. The van der Waals surface area contributed by atoms with E-state index in [0.29, 0.717) is 5.75 Å². The van der Waals surface area contributed by atoms with Gasteiger partial charge >= 0.3 is 5.97 Å². The van der Waals surface area contributed by atoms with Gasteiger partial charge in [-0.2, -0.15) is 11.8 Å². The molecule has 1 rings (SSSR count). The van der Waals surface area contributed by atoms with Gasteiger partial charge < -0.3 is 10.8 Å². The molecule has 3 N–H and O–H groups in total. The van der Waals surface area contributed by atoms with Gasteiger partial charge in [0.1, 0.15) is 0 Å². The van der Waals surface area contributed by atoms with Gasteiger partial charge in [-0.05, 0) is 5.56 Å². The van der Waals surface area contributed by atoms with Crippen molar-refractivity contribution in [2.24, 2.45) is 11.7 Å². The zero-order chi connectivity index (χ0) is 11.1. The molecular formula is C11H15NO2S. The molecule has 1 aromatic rings. The maximum atomic E-state index is 10.7. The van der Waals surface area contributed by atoms with Crippen LogP contribution in [-0.4, -0.2) is 23.4 Å². The van der Waals surface area contributed by atoms with Crippen molar-refractivity contribution in [1.82, 2.24) is 0 Å². The Hall–Kier alpha value is -1.00. The molecule has 1 aromatic carbocycles. The summed E-state index contributed by atoms with van der Waals surface area (Å²) in [5, 5.41) is 8.78. The van der Waals surface area contributed by atoms with Crippen molar-refractivity contribution in [2.45, 2.75) is 5.75 Å². The summed E-state index contributed by atoms with van der Waals surface area (Å²) < 4.78 is 0. The lowest BCUT2D eigenvalue weighted by molar-refractivity contribution is -0.140. The number of carboxylic acid groups (broad SMARTS) is 1. The van der Waals surface area contributed by atoms with E-state index in [4.69, 9.17) is 10.8 Å². The molecule has 1 atom stereocenters. The molecular weight excluding hydrogens is 210 g/mol. The number of nitrogens with two attached hydrogens (primary N) is 1. The lowest BCUT2D eigenvalue weighted by atomic mass is 10.2. The van der Waals surface area contributed by atoms with E-state index in [2.05, 4.69) is 0 Å². The number of aliphatic carboxylic acids is 1. The fraction of sp³-hybridized carbons (Fsp3) is 0.364. The highest BCUT2D eigenvalue weighted by Crippen LogP contribution is 2.15. The second-order valence-corrected chi connectivity index (χ2v) is 4.30. The van der Waals surface area contributed by atoms with Crippen LogP contribution in [0, 0.1) is 5.92 Å². The third-order valence-electron chi connectivity index (χ3n) is 2.06. The molecule has 0 spiro atoms. The summed E-state index contributed by atoms with van der Waals surface area (Å²) in [6.07, 6.45) is 0. The van der Waals surface area contributed by atoms with E-state index in [1.807, 2.05) is 30.3 Å². The molecule has 0 bridgehead atoms. The van der Waals surface area contributed by atoms with Crippen LogP contribution in [-0.2, 0) is 10.5 Å². The van der Waals surface area contributed by atoms with Crippen molar-refractivity contribution in [3.05, 3.63) is 35.9 Å². The van der Waals surface area contributed by atoms with Gasteiger partial charge in [-0.1, -0.05) is 30.3 Å². The lowest BCUT2D eigenvalue weighted by Crippen LogP contribution is -2.25. The minimum Gasteiger partial charge on any atom is -0.481 e. The highest BCUT2D eigenvalue weighted by molar-refractivity contribution is 7.98. The SMILES string of the molecule is NCC(CSCc1ccccc1)C(=O)O. The fourth-order valence-electron chi connectivity index (χ4n) is 1.13. The lowest BCUT2D eigenvalue weighted by Gasteiger charge is -2.08. The van der Waals surface area contributed by atoms with Gasteiger partial charge in [-0.25, -0.2) is 0 Å². The summed E-state index contributed by atoms with van der Waals surface area (Å²) in [5.41, 5.74) is 6.57. The summed E-state index contributed by atoms with van der Waals surface area (Å²) in [6, 6.07) is 9.99. The summed E-state index contributed by atoms with van der Waals surface area (Å²) in [4.78, 5) is 10.7. The van der Waals surface area contributed by atoms with Crippen molar-refractivity contribution >= 4 is 17.7 Å². The summed E-state index contributed by atoms with van der Waals surface area (Å²) in [5.74, 6) is 0.169. The second kappa shape index (κ2) is 6.48. The zero-order valence-electron chi connectivity index (χ0n) is 8.43. The Kier molecular flexibility index (Phi) is 5.21. The molecule has 0 aromatic heterocycles. The van der Waals surface area contributed by atoms with E-state index in [1.54, 1.807) is 11.8 Å². The Bertz CT molecular complexity index is 303. The van der Waals surface area contributed by atoms with Crippen LogP contribution >= 0.6 is 11.8 Å². The zero-order valence-corrected chi connectivity index (χ0v) is 9.24. The van der Waals surface area contributed by atoms with E-state index in [9.17, 15) is 4.79 Å². The Morgan fingerprint density at radius 3 is 2.60 bits per heavy atom. The van der Waals surface area contributed by atoms with E-state index in [0.717, 1.165) is 5.75 Å². The molecule has 82 valence electrons. The molecule has 0 heterocycles. The third kappa shape index (κ3) is 4.36. The molecule has 0 aliphatic rings. The normalized spacial score (nSPS) is 12.3. The van der Waals surface area contributed by atoms with Crippen molar-refractivity contribution in [1.29, 1.82) is 0 Å². The van der Waals surface area contributed by atoms with Gasteiger partial charge in [0.2, 0.25) is 0 Å². The number of carbonyl (C=O) groups is 1. The van der Waals surface area contributed by atoms with E-state index in [-0.39, 0.29) is 6.54 Å². The topological polar surface area (TPSA) is 63.3 Å². The molecule has 0 aliphatic carbocycles. The Labute approximate surface area is 93.7 Å². The molecule has 0 amide bonds. The standard InChI is InChI=1S/C11H15NO2S/c12-6-10(11(13)14)8-15-7-9-4-2-1-3-5-9/h1-5,10H,6-8,12H2,(H,13,14). The first-order valence-electron chi connectivity index (χ1n) is 4.78. The van der Waals surface area contributed by atoms with Crippen LogP contribution in [0.4, 0.5) is 0 Å². The number of hydrogen-bond donors (Lipinski definition) is 2. The third-order valence-corrected chi connectivity index (χ3v) is 3.24. The maximum Gasteiger partial charge on any atom is 0.308 e. The largest absolute Gasteiger partial charge is 0.481 e. The molecule has 0 radical (unpaired) electrons. The summed E-state index contributed by atoms with van der Waals surface area (Å²) in [6.45, 7) is 0.205. The Morgan fingerprint density at radius 2 is 2.07 bits per heavy atom. The number of carboxylic acids is 1. The average Bonchev–Trinajstić information content (AvgIpc) is 2.25. The van der Waals surface area contributed by atoms with Crippen LogP contribution in [0.3, 0.4) is 0 Å². The van der Waals surface area contributed by atoms with Crippen molar-refractivity contribution in [3.8, 4) is 0 Å². The summed E-state index contributed by atoms with van der Waals surface area (Å²) >= 11 is 1.61. The highest BCUT2D eigenvalue weighted by atomic mass is 32.2. The molecule has 0 aliphatic heterocycles. The minimum atomic E-state index is -0.807. The molecule has 0 fully saturated rings. The van der Waals surface area contributed by atoms with Gasteiger partial charge in [-0.15, -0.1) is 0 Å². The van der Waals surface area contributed by atoms with Crippen molar-refractivity contribution in [2.75, 3.05) is 12.3 Å². The second-order valence-electron chi connectivity index (χ2n) is 3.27. The monoisotopic (exact) mass is 225 g/mol. The van der Waals surface area contributed by atoms with Crippen LogP contribution in [0.1, 0.15) is 5.56 Å². The first-order valence-corrected chi connectivity index (χ1v) is 5.94. The average molecular weight is 225 g/mol. The minimum absolute atomic E-state index is 0.205. The molecule has 1 unspecified atom stereocenters. The van der Waals surface area contributed by atoms with Gasteiger partial charge in [-0.3, -0.25) is 4.79 Å². The first-order chi connectivity index (χ1) is 7.24. The smallest absolute Gasteiger partial charge is 0.308 e. The number of hydrogen-bond acceptors (Lipinski definition) is 3. The van der Waals surface area contributed by atoms with Gasteiger partial charge in [0.15, 0.2) is 0 Å². The molecule has 4 heteroatoms. The quantitative estimate of drug-likeness (QED) is 0.771. The van der Waals surface area contributed by atoms with Crippen LogP contribution in [0.15, 0.2) is 30.3 Å². The van der Waals surface area contributed by atoms with Crippen LogP contribution < -0.4 is 5.73 Å². The highest BCUT2D eigenvalue weighted by Gasteiger charge is 2.14.